The molecular weight excluding hydrogens is 144 g/mol. The number of nitrogens with one attached hydrogen (secondary N) is 1. The van der Waals surface area contributed by atoms with E-state index in [0.717, 1.165) is 12.8 Å². The Morgan fingerprint density at radius 2 is 2.45 bits per heavy atom. The number of hydrogen-bond acceptors (Lipinski definition) is 3. The van der Waals surface area contributed by atoms with Crippen molar-refractivity contribution in [3.05, 3.63) is 0 Å². The number of hydrogen-bond donors (Lipinski definition) is 1. The molecule has 0 rings (SSSR count). The van der Waals surface area contributed by atoms with Crippen LogP contribution < -0.4 is 5.32 Å². The van der Waals surface area contributed by atoms with E-state index in [1.807, 2.05) is 6.92 Å². The fourth-order valence-electron chi connectivity index (χ4n) is 0.472. The highest BCUT2D eigenvalue weighted by atomic mass is 16.5. The Bertz CT molecular complexity index is 151. The Labute approximate surface area is 66.1 Å². The van der Waals surface area contributed by atoms with Crippen molar-refractivity contribution in [1.82, 2.24) is 5.32 Å². The van der Waals surface area contributed by atoms with E-state index in [2.05, 4.69) is 10.1 Å². The normalized spacial score (nSPS) is 8.36. The van der Waals surface area contributed by atoms with Crippen LogP contribution in [0.15, 0.2) is 0 Å². The highest BCUT2D eigenvalue weighted by molar-refractivity contribution is 5.67. The summed E-state index contributed by atoms with van der Waals surface area (Å²) in [6.07, 6.45) is 1.34. The van der Waals surface area contributed by atoms with E-state index >= 15 is 0 Å². The molecule has 1 N–H and O–H groups in total. The van der Waals surface area contributed by atoms with Crippen LogP contribution in [0, 0.1) is 11.3 Å². The van der Waals surface area contributed by atoms with E-state index in [-0.39, 0.29) is 6.54 Å². The van der Waals surface area contributed by atoms with E-state index in [0.29, 0.717) is 6.61 Å². The van der Waals surface area contributed by atoms with Gasteiger partial charge in [-0.05, 0) is 6.42 Å². The van der Waals surface area contributed by atoms with Crippen LogP contribution in [0.3, 0.4) is 0 Å². The third kappa shape index (κ3) is 6.65. The summed E-state index contributed by atoms with van der Waals surface area (Å²) in [6, 6.07) is 1.78. The second kappa shape index (κ2) is 6.87. The number of carbonyl (C=O) groups is 1. The molecule has 4 nitrogen and oxygen atoms in total. The van der Waals surface area contributed by atoms with E-state index in [4.69, 9.17) is 5.26 Å². The minimum absolute atomic E-state index is 0.00492. The summed E-state index contributed by atoms with van der Waals surface area (Å²) in [5.41, 5.74) is 0. The van der Waals surface area contributed by atoms with Gasteiger partial charge in [0.1, 0.15) is 6.54 Å². The molecule has 62 valence electrons. The number of unbranched alkanes of at least 4 members (excludes halogenated alkanes) is 1. The molecule has 0 atom stereocenters. The van der Waals surface area contributed by atoms with Gasteiger partial charge in [0, 0.05) is 0 Å². The predicted octanol–water partition coefficient (Wildman–Crippen LogP) is 1.04. The van der Waals surface area contributed by atoms with Crippen molar-refractivity contribution in [2.75, 3.05) is 13.2 Å². The van der Waals surface area contributed by atoms with Crippen LogP contribution in [0.25, 0.3) is 0 Å². The van der Waals surface area contributed by atoms with Crippen LogP contribution in [0.5, 0.6) is 0 Å². The predicted molar refractivity (Wildman–Crippen MR) is 39.9 cm³/mol. The maximum absolute atomic E-state index is 10.6. The monoisotopic (exact) mass is 156 g/mol. The van der Waals surface area contributed by atoms with Gasteiger partial charge in [0.25, 0.3) is 0 Å². The van der Waals surface area contributed by atoms with Crippen molar-refractivity contribution >= 4 is 6.09 Å². The summed E-state index contributed by atoms with van der Waals surface area (Å²) < 4.78 is 4.68. The van der Waals surface area contributed by atoms with Crippen LogP contribution in [-0.2, 0) is 4.74 Å². The lowest BCUT2D eigenvalue weighted by molar-refractivity contribution is 0.146. The van der Waals surface area contributed by atoms with Crippen LogP contribution in [0.1, 0.15) is 19.8 Å². The number of nitrogens with zero attached hydrogens (tertiary/aromatic N) is 1. The molecule has 0 saturated heterocycles. The highest BCUT2D eigenvalue weighted by Gasteiger charge is 1.97. The van der Waals surface area contributed by atoms with Gasteiger partial charge in [0.15, 0.2) is 0 Å². The molecule has 4 heteroatoms. The second-order valence-corrected chi connectivity index (χ2v) is 2.00. The molecule has 0 bridgehead atoms. The van der Waals surface area contributed by atoms with Gasteiger partial charge in [0.05, 0.1) is 12.7 Å². The number of rotatable bonds is 4. The molecule has 0 aliphatic carbocycles. The first-order chi connectivity index (χ1) is 5.31. The molecule has 0 fully saturated rings. The van der Waals surface area contributed by atoms with Gasteiger partial charge in [-0.2, -0.15) is 5.26 Å². The van der Waals surface area contributed by atoms with E-state index in [1.165, 1.54) is 0 Å². The zero-order valence-electron chi connectivity index (χ0n) is 6.59. The number of nitriles is 1. The number of ether oxygens (including phenoxy) is 1. The lowest BCUT2D eigenvalue weighted by Crippen LogP contribution is -2.24. The summed E-state index contributed by atoms with van der Waals surface area (Å²) in [5.74, 6) is 0. The van der Waals surface area contributed by atoms with Crippen molar-refractivity contribution in [3.8, 4) is 6.07 Å². The highest BCUT2D eigenvalue weighted by Crippen LogP contribution is 1.87. The van der Waals surface area contributed by atoms with Gasteiger partial charge in [-0.15, -0.1) is 0 Å². The Morgan fingerprint density at radius 1 is 1.73 bits per heavy atom. The fourth-order valence-corrected chi connectivity index (χ4v) is 0.472. The van der Waals surface area contributed by atoms with E-state index in [1.54, 1.807) is 6.07 Å². The molecule has 0 unspecified atom stereocenters. The quantitative estimate of drug-likeness (QED) is 0.488. The van der Waals surface area contributed by atoms with Gasteiger partial charge in [-0.3, -0.25) is 0 Å². The molecule has 1 amide bonds. The molecule has 0 aromatic rings. The lowest BCUT2D eigenvalue weighted by atomic mass is 10.4. The Hall–Kier alpha value is -1.24. The molecule has 0 aliphatic rings. The summed E-state index contributed by atoms with van der Waals surface area (Å²) in [5, 5.41) is 10.3. The van der Waals surface area contributed by atoms with Crippen molar-refractivity contribution in [2.24, 2.45) is 0 Å². The van der Waals surface area contributed by atoms with Gasteiger partial charge >= 0.3 is 6.09 Å². The number of amides is 1. The molecule has 0 saturated carbocycles. The van der Waals surface area contributed by atoms with Gasteiger partial charge in [-0.25, -0.2) is 4.79 Å². The molecular formula is C7H12N2O2. The molecule has 0 aliphatic heterocycles. The van der Waals surface area contributed by atoms with Crippen LogP contribution in [0.2, 0.25) is 0 Å². The Morgan fingerprint density at radius 3 is 3.00 bits per heavy atom. The minimum Gasteiger partial charge on any atom is -0.450 e. The van der Waals surface area contributed by atoms with Crippen molar-refractivity contribution in [3.63, 3.8) is 0 Å². The standard InChI is InChI=1S/C7H12N2O2/c1-2-3-6-11-7(10)9-5-4-8/h2-3,5-6H2,1H3,(H,9,10). The Balaban J connectivity index is 3.17. The topological polar surface area (TPSA) is 62.1 Å². The second-order valence-electron chi connectivity index (χ2n) is 2.00. The van der Waals surface area contributed by atoms with Crippen molar-refractivity contribution < 1.29 is 9.53 Å². The largest absolute Gasteiger partial charge is 0.450 e. The molecule has 0 spiro atoms. The third-order valence-electron chi connectivity index (χ3n) is 1.04. The van der Waals surface area contributed by atoms with Gasteiger partial charge in [-0.1, -0.05) is 13.3 Å². The minimum atomic E-state index is -0.514. The van der Waals surface area contributed by atoms with Crippen LogP contribution >= 0.6 is 0 Å². The summed E-state index contributed by atoms with van der Waals surface area (Å²) in [6.45, 7) is 2.44. The maximum Gasteiger partial charge on any atom is 0.407 e. The first kappa shape index (κ1) is 9.76. The Kier molecular flexibility index (Phi) is 6.10. The zero-order valence-corrected chi connectivity index (χ0v) is 6.59. The average molecular weight is 156 g/mol. The first-order valence-electron chi connectivity index (χ1n) is 3.58. The van der Waals surface area contributed by atoms with E-state index < -0.39 is 6.09 Å². The van der Waals surface area contributed by atoms with Crippen LogP contribution in [-0.4, -0.2) is 19.2 Å². The molecule has 0 radical (unpaired) electrons. The molecule has 11 heavy (non-hydrogen) atoms. The van der Waals surface area contributed by atoms with Crippen LogP contribution in [0.4, 0.5) is 4.79 Å². The van der Waals surface area contributed by atoms with E-state index in [9.17, 15) is 4.79 Å². The summed E-state index contributed by atoms with van der Waals surface area (Å²) in [4.78, 5) is 10.6. The smallest absolute Gasteiger partial charge is 0.407 e. The van der Waals surface area contributed by atoms with Crippen molar-refractivity contribution in [2.45, 2.75) is 19.8 Å². The zero-order chi connectivity index (χ0) is 8.53. The summed E-state index contributed by atoms with van der Waals surface area (Å²) in [7, 11) is 0. The molecule has 0 heterocycles. The first-order valence-corrected chi connectivity index (χ1v) is 3.58. The molecule has 0 aromatic carbocycles. The fraction of sp³-hybridized carbons (Fsp3) is 0.714. The molecule has 0 aromatic heterocycles. The van der Waals surface area contributed by atoms with Crippen molar-refractivity contribution in [1.29, 1.82) is 5.26 Å². The SMILES string of the molecule is CCCCOC(=O)NCC#N. The lowest BCUT2D eigenvalue weighted by Gasteiger charge is -2.01. The van der Waals surface area contributed by atoms with Gasteiger partial charge < -0.3 is 10.1 Å². The summed E-state index contributed by atoms with van der Waals surface area (Å²) >= 11 is 0. The number of alkyl carbamates (subject to hydrolysis) is 1. The third-order valence-corrected chi connectivity index (χ3v) is 1.04. The maximum atomic E-state index is 10.6. The average Bonchev–Trinajstić information content (AvgIpc) is 2.01. The van der Waals surface area contributed by atoms with Gasteiger partial charge in [0.2, 0.25) is 0 Å². The number of carbonyl (C=O) groups excluding carboxylic acids is 1.